The molecule has 0 spiro atoms. The van der Waals surface area contributed by atoms with Gasteiger partial charge in [0.25, 0.3) is 0 Å². The number of hydrogen-bond donors (Lipinski definition) is 2. The average molecular weight is 394 g/mol. The number of imidazole rings is 1. The Hall–Kier alpha value is -2.71. The lowest BCUT2D eigenvalue weighted by atomic mass is 9.87. The summed E-state index contributed by atoms with van der Waals surface area (Å²) in [4.78, 5) is 9.32. The zero-order valence-corrected chi connectivity index (χ0v) is 16.7. The van der Waals surface area contributed by atoms with E-state index in [4.69, 9.17) is 9.72 Å². The van der Waals surface area contributed by atoms with Gasteiger partial charge in [-0.25, -0.2) is 14.6 Å². The van der Waals surface area contributed by atoms with Gasteiger partial charge in [-0.1, -0.05) is 6.07 Å². The van der Waals surface area contributed by atoms with Crippen LogP contribution < -0.4 is 10.1 Å². The van der Waals surface area contributed by atoms with E-state index in [9.17, 15) is 5.11 Å². The molecule has 29 heavy (non-hydrogen) atoms. The minimum atomic E-state index is -0.372. The largest absolute Gasteiger partial charge is 0.491 e. The molecule has 1 aromatic carbocycles. The van der Waals surface area contributed by atoms with E-state index in [1.807, 2.05) is 10.9 Å². The molecule has 2 N–H and O–H groups in total. The molecule has 0 aliphatic carbocycles. The molecule has 4 heterocycles. The molecule has 2 aliphatic heterocycles. The predicted octanol–water partition coefficient (Wildman–Crippen LogP) is 2.22. The van der Waals surface area contributed by atoms with Crippen LogP contribution in [0, 0.1) is 0 Å². The van der Waals surface area contributed by atoms with Crippen molar-refractivity contribution >= 4 is 0 Å². The molecule has 3 aromatic rings. The summed E-state index contributed by atoms with van der Waals surface area (Å²) in [6.07, 6.45) is 4.15. The van der Waals surface area contributed by atoms with E-state index in [0.29, 0.717) is 13.2 Å². The molecule has 8 nitrogen and oxygen atoms in total. The van der Waals surface area contributed by atoms with Crippen molar-refractivity contribution in [3.63, 3.8) is 0 Å². The van der Waals surface area contributed by atoms with Crippen LogP contribution in [0.1, 0.15) is 37.8 Å². The quantitative estimate of drug-likeness (QED) is 0.708. The molecule has 2 atom stereocenters. The van der Waals surface area contributed by atoms with Gasteiger partial charge in [0.15, 0.2) is 5.82 Å². The van der Waals surface area contributed by atoms with Gasteiger partial charge in [-0.15, -0.1) is 0 Å². The molecule has 0 amide bonds. The monoisotopic (exact) mass is 394 g/mol. The van der Waals surface area contributed by atoms with E-state index in [1.54, 1.807) is 6.33 Å². The molecule has 0 saturated carbocycles. The molecule has 5 rings (SSSR count). The lowest BCUT2D eigenvalue weighted by Gasteiger charge is -2.29. The molecule has 2 aromatic heterocycles. The molecule has 0 radical (unpaired) electrons. The third-order valence-corrected chi connectivity index (χ3v) is 5.78. The van der Waals surface area contributed by atoms with Crippen molar-refractivity contribution in [2.75, 3.05) is 19.7 Å². The summed E-state index contributed by atoms with van der Waals surface area (Å²) in [5, 5.41) is 18.0. The number of ether oxygens (including phenoxy) is 1. The highest BCUT2D eigenvalue weighted by atomic mass is 16.5. The lowest BCUT2D eigenvalue weighted by molar-refractivity contribution is 0.118. The molecule has 152 valence electrons. The molecular formula is C21H26N6O2. The highest BCUT2D eigenvalue weighted by Gasteiger charge is 2.27. The van der Waals surface area contributed by atoms with Crippen LogP contribution in [0.2, 0.25) is 0 Å². The zero-order chi connectivity index (χ0) is 20.0. The van der Waals surface area contributed by atoms with Crippen molar-refractivity contribution in [2.24, 2.45) is 0 Å². The Bertz CT molecular complexity index is 1020. The van der Waals surface area contributed by atoms with E-state index in [-0.39, 0.29) is 18.1 Å². The highest BCUT2D eigenvalue weighted by molar-refractivity contribution is 5.69. The molecular weight excluding hydrogens is 368 g/mol. The fourth-order valence-corrected chi connectivity index (χ4v) is 4.28. The fourth-order valence-electron chi connectivity index (χ4n) is 4.28. The van der Waals surface area contributed by atoms with Gasteiger partial charge in [-0.3, -0.25) is 0 Å². The van der Waals surface area contributed by atoms with Gasteiger partial charge in [-0.2, -0.15) is 5.10 Å². The van der Waals surface area contributed by atoms with E-state index in [0.717, 1.165) is 53.7 Å². The van der Waals surface area contributed by atoms with Crippen molar-refractivity contribution in [3.05, 3.63) is 36.3 Å². The average Bonchev–Trinajstić information content (AvgIpc) is 3.32. The summed E-state index contributed by atoms with van der Waals surface area (Å²) in [6.45, 7) is 7.01. The van der Waals surface area contributed by atoms with Crippen LogP contribution in [0.5, 0.6) is 5.75 Å². The molecule has 2 aliphatic rings. The number of benzene rings is 1. The van der Waals surface area contributed by atoms with Crippen molar-refractivity contribution in [1.29, 1.82) is 0 Å². The fraction of sp³-hybridized carbons (Fsp3) is 0.476. The SMILES string of the molecule is CC(C)n1ncnc1-c1cn2c(n1)-c1ccc([C@@H]3CCNC[C@H]3O)cc1OCC2. The van der Waals surface area contributed by atoms with Crippen molar-refractivity contribution in [3.8, 4) is 28.7 Å². The van der Waals surface area contributed by atoms with Crippen LogP contribution in [0.25, 0.3) is 22.9 Å². The number of aliphatic hydroxyl groups is 1. The summed E-state index contributed by atoms with van der Waals surface area (Å²) in [5.74, 6) is 2.61. The highest BCUT2D eigenvalue weighted by Crippen LogP contribution is 2.37. The maximum Gasteiger partial charge on any atom is 0.178 e. The normalized spacial score (nSPS) is 21.4. The van der Waals surface area contributed by atoms with E-state index in [1.165, 1.54) is 0 Å². The Balaban J connectivity index is 1.54. The number of fused-ring (bicyclic) bond motifs is 3. The second kappa shape index (κ2) is 7.27. The van der Waals surface area contributed by atoms with Crippen molar-refractivity contribution in [2.45, 2.75) is 44.9 Å². The van der Waals surface area contributed by atoms with E-state index < -0.39 is 0 Å². The first kappa shape index (κ1) is 18.3. The number of piperidine rings is 1. The first-order valence-electron chi connectivity index (χ1n) is 10.2. The Morgan fingerprint density at radius 2 is 2.17 bits per heavy atom. The van der Waals surface area contributed by atoms with Crippen LogP contribution in [-0.2, 0) is 6.54 Å². The van der Waals surface area contributed by atoms with E-state index >= 15 is 0 Å². The van der Waals surface area contributed by atoms with Gasteiger partial charge in [0.1, 0.15) is 30.2 Å². The Kier molecular flexibility index (Phi) is 4.60. The smallest absolute Gasteiger partial charge is 0.178 e. The van der Waals surface area contributed by atoms with Gasteiger partial charge >= 0.3 is 0 Å². The summed E-state index contributed by atoms with van der Waals surface area (Å²) < 4.78 is 10.1. The molecule has 1 saturated heterocycles. The van der Waals surface area contributed by atoms with Gasteiger partial charge in [0.2, 0.25) is 0 Å². The Morgan fingerprint density at radius 1 is 1.28 bits per heavy atom. The molecule has 8 heteroatoms. The van der Waals surface area contributed by atoms with E-state index in [2.05, 4.69) is 52.0 Å². The Labute approximate surface area is 169 Å². The van der Waals surface area contributed by atoms with Crippen LogP contribution >= 0.6 is 0 Å². The topological polar surface area (TPSA) is 90.0 Å². The maximum atomic E-state index is 10.4. The number of rotatable bonds is 3. The summed E-state index contributed by atoms with van der Waals surface area (Å²) in [7, 11) is 0. The second-order valence-corrected chi connectivity index (χ2v) is 8.04. The van der Waals surface area contributed by atoms with Crippen LogP contribution in [0.3, 0.4) is 0 Å². The number of aromatic nitrogens is 5. The third kappa shape index (κ3) is 3.22. The number of nitrogens with one attached hydrogen (secondary N) is 1. The van der Waals surface area contributed by atoms with Gasteiger partial charge in [0.05, 0.1) is 18.2 Å². The molecule has 0 unspecified atom stereocenters. The van der Waals surface area contributed by atoms with Crippen LogP contribution in [0.15, 0.2) is 30.7 Å². The first-order chi connectivity index (χ1) is 14.1. The summed E-state index contributed by atoms with van der Waals surface area (Å²) in [5.41, 5.74) is 2.91. The number of β-amino-alcohol motifs (C(OH)–C–C–N with tert-alkyl or cyclic N) is 1. The number of aliphatic hydroxyl groups excluding tert-OH is 1. The van der Waals surface area contributed by atoms with Gasteiger partial charge in [0, 0.05) is 24.7 Å². The maximum absolute atomic E-state index is 10.4. The summed E-state index contributed by atoms with van der Waals surface area (Å²) in [6, 6.07) is 6.46. The first-order valence-corrected chi connectivity index (χ1v) is 10.2. The standard InChI is InChI=1S/C21H26N6O2/c1-13(2)27-21(23-12-24-27)17-11-26-7-8-29-19-9-14(3-4-16(19)20(26)25-17)15-5-6-22-10-18(15)28/h3-4,9,11-13,15,18,22,28H,5-8,10H2,1-2H3/t15-,18+/m0/s1. The minimum absolute atomic E-state index is 0.133. The lowest BCUT2D eigenvalue weighted by Crippen LogP contribution is -2.39. The summed E-state index contributed by atoms with van der Waals surface area (Å²) >= 11 is 0. The van der Waals surface area contributed by atoms with Gasteiger partial charge < -0.3 is 19.7 Å². The number of hydrogen-bond acceptors (Lipinski definition) is 6. The molecule has 1 fully saturated rings. The van der Waals surface area contributed by atoms with Crippen LogP contribution in [0.4, 0.5) is 0 Å². The van der Waals surface area contributed by atoms with Crippen molar-refractivity contribution in [1.82, 2.24) is 29.6 Å². The second-order valence-electron chi connectivity index (χ2n) is 8.04. The number of nitrogens with zero attached hydrogens (tertiary/aromatic N) is 5. The Morgan fingerprint density at radius 3 is 3.00 bits per heavy atom. The minimum Gasteiger partial charge on any atom is -0.491 e. The van der Waals surface area contributed by atoms with Gasteiger partial charge in [-0.05, 0) is 44.5 Å². The molecule has 0 bridgehead atoms. The predicted molar refractivity (Wildman–Crippen MR) is 109 cm³/mol. The third-order valence-electron chi connectivity index (χ3n) is 5.78. The van der Waals surface area contributed by atoms with Crippen molar-refractivity contribution < 1.29 is 9.84 Å². The van der Waals surface area contributed by atoms with Crippen LogP contribution in [-0.4, -0.2) is 55.2 Å². The zero-order valence-electron chi connectivity index (χ0n) is 16.7.